The van der Waals surface area contributed by atoms with Crippen LogP contribution in [0.2, 0.25) is 0 Å². The lowest BCUT2D eigenvalue weighted by atomic mass is 9.87. The number of halogens is 1. The summed E-state index contributed by atoms with van der Waals surface area (Å²) in [7, 11) is 0. The molecule has 0 bridgehead atoms. The van der Waals surface area contributed by atoms with E-state index in [-0.39, 0.29) is 11.7 Å². The Morgan fingerprint density at radius 3 is 2.43 bits per heavy atom. The van der Waals surface area contributed by atoms with E-state index >= 15 is 0 Å². The normalized spacial score (nSPS) is 15.9. The molecular weight excluding hydrogens is 465 g/mol. The molecule has 0 saturated carbocycles. The number of thiazole rings is 1. The van der Waals surface area contributed by atoms with Gasteiger partial charge in [0.1, 0.15) is 17.3 Å². The smallest absolute Gasteiger partial charge is 0.241 e. The van der Waals surface area contributed by atoms with Gasteiger partial charge < -0.3 is 9.47 Å². The number of carbonyl (C=O) groups excluding carboxylic acids is 1. The summed E-state index contributed by atoms with van der Waals surface area (Å²) >= 11 is 1.34. The summed E-state index contributed by atoms with van der Waals surface area (Å²) in [5.41, 5.74) is 2.35. The molecular formula is C27H24FN3O3S. The van der Waals surface area contributed by atoms with Crippen LogP contribution in [0.1, 0.15) is 17.0 Å². The van der Waals surface area contributed by atoms with Gasteiger partial charge in [-0.1, -0.05) is 47.7 Å². The zero-order valence-corrected chi connectivity index (χ0v) is 19.8. The molecule has 0 spiro atoms. The van der Waals surface area contributed by atoms with E-state index < -0.39 is 5.92 Å². The van der Waals surface area contributed by atoms with Crippen LogP contribution in [0.4, 0.5) is 9.52 Å². The molecule has 3 heterocycles. The molecule has 0 atom stereocenters. The number of hydrogen-bond acceptors (Lipinski definition) is 6. The van der Waals surface area contributed by atoms with E-state index in [1.165, 1.54) is 23.5 Å². The summed E-state index contributed by atoms with van der Waals surface area (Å²) in [5.74, 6) is 0.463. The molecule has 1 saturated heterocycles. The van der Waals surface area contributed by atoms with Crippen molar-refractivity contribution in [3.05, 3.63) is 83.7 Å². The number of fused-ring (bicyclic) bond motifs is 3. The molecule has 0 unspecified atom stereocenters. The van der Waals surface area contributed by atoms with Crippen LogP contribution in [0.25, 0.3) is 10.2 Å². The van der Waals surface area contributed by atoms with Crippen LogP contribution in [0.15, 0.2) is 66.7 Å². The predicted molar refractivity (Wildman–Crippen MR) is 134 cm³/mol. The second-order valence-corrected chi connectivity index (χ2v) is 9.67. The molecule has 0 N–H and O–H groups in total. The van der Waals surface area contributed by atoms with E-state index in [4.69, 9.17) is 14.5 Å². The fraction of sp³-hybridized carbons (Fsp3) is 0.259. The summed E-state index contributed by atoms with van der Waals surface area (Å²) in [4.78, 5) is 23.1. The third-order valence-electron chi connectivity index (χ3n) is 6.51. The number of anilines is 1. The first-order valence-electron chi connectivity index (χ1n) is 11.7. The number of benzene rings is 3. The van der Waals surface area contributed by atoms with Gasteiger partial charge in [-0.05, 0) is 30.3 Å². The summed E-state index contributed by atoms with van der Waals surface area (Å²) in [6, 6.07) is 19.9. The second-order valence-electron chi connectivity index (χ2n) is 8.66. The Kier molecular flexibility index (Phi) is 5.93. The number of morpholine rings is 1. The van der Waals surface area contributed by atoms with Gasteiger partial charge in [0.15, 0.2) is 5.13 Å². The first kappa shape index (κ1) is 22.2. The van der Waals surface area contributed by atoms with Crippen molar-refractivity contribution in [2.45, 2.75) is 5.92 Å². The van der Waals surface area contributed by atoms with E-state index in [1.54, 1.807) is 11.0 Å². The highest BCUT2D eigenvalue weighted by molar-refractivity contribution is 7.22. The van der Waals surface area contributed by atoms with Gasteiger partial charge in [0.2, 0.25) is 5.91 Å². The van der Waals surface area contributed by atoms with E-state index in [1.807, 2.05) is 48.5 Å². The van der Waals surface area contributed by atoms with Crippen molar-refractivity contribution < 1.29 is 18.7 Å². The van der Waals surface area contributed by atoms with Crippen LogP contribution in [0, 0.1) is 5.82 Å². The average Bonchev–Trinajstić information content (AvgIpc) is 3.30. The number of para-hydroxylation sites is 2. The Bertz CT molecular complexity index is 1340. The van der Waals surface area contributed by atoms with Gasteiger partial charge in [0.05, 0.1) is 29.3 Å². The predicted octanol–water partition coefficient (Wildman–Crippen LogP) is 5.04. The zero-order valence-electron chi connectivity index (χ0n) is 19.0. The minimum Gasteiger partial charge on any atom is -0.457 e. The third-order valence-corrected chi connectivity index (χ3v) is 7.55. The van der Waals surface area contributed by atoms with Gasteiger partial charge in [-0.15, -0.1) is 0 Å². The number of rotatable bonds is 5. The first-order chi connectivity index (χ1) is 17.2. The van der Waals surface area contributed by atoms with Gasteiger partial charge in [-0.2, -0.15) is 0 Å². The fourth-order valence-corrected chi connectivity index (χ4v) is 5.72. The maximum Gasteiger partial charge on any atom is 0.241 e. The number of ether oxygens (including phenoxy) is 2. The van der Waals surface area contributed by atoms with E-state index in [9.17, 15) is 9.18 Å². The van der Waals surface area contributed by atoms with Gasteiger partial charge in [0.25, 0.3) is 0 Å². The Hall–Kier alpha value is -3.33. The molecule has 1 amide bonds. The van der Waals surface area contributed by atoms with Gasteiger partial charge in [-0.25, -0.2) is 9.37 Å². The highest BCUT2D eigenvalue weighted by Crippen LogP contribution is 2.45. The van der Waals surface area contributed by atoms with Gasteiger partial charge in [-0.3, -0.25) is 14.6 Å². The lowest BCUT2D eigenvalue weighted by Crippen LogP contribution is -2.44. The van der Waals surface area contributed by atoms with Gasteiger partial charge >= 0.3 is 0 Å². The highest BCUT2D eigenvalue weighted by Gasteiger charge is 2.36. The minimum absolute atomic E-state index is 0.0685. The fourth-order valence-electron chi connectivity index (χ4n) is 4.70. The number of nitrogens with zero attached hydrogens (tertiary/aromatic N) is 3. The zero-order chi connectivity index (χ0) is 23.8. The standard InChI is InChI=1S/C27H24FN3O3S/c28-18-9-10-21-24(17-18)35-27(29-21)31(12-11-30-13-15-33-16-14-30)26(32)25-19-5-1-3-7-22(19)34-23-8-4-2-6-20(23)25/h1-10,17,25H,11-16H2. The second kappa shape index (κ2) is 9.37. The van der Waals surface area contributed by atoms with Crippen molar-refractivity contribution in [2.24, 2.45) is 0 Å². The average molecular weight is 490 g/mol. The van der Waals surface area contributed by atoms with E-state index in [0.29, 0.717) is 48.5 Å². The molecule has 178 valence electrons. The number of aromatic nitrogens is 1. The summed E-state index contributed by atoms with van der Waals surface area (Å²) in [6.07, 6.45) is 0. The Balaban J connectivity index is 1.41. The Labute approximate surface area is 206 Å². The third kappa shape index (κ3) is 4.29. The SMILES string of the molecule is O=C(C1c2ccccc2Oc2ccccc21)N(CCN1CCOCC1)c1nc2ccc(F)cc2s1. The first-order valence-corrected chi connectivity index (χ1v) is 12.5. The van der Waals surface area contributed by atoms with Crippen LogP contribution < -0.4 is 9.64 Å². The molecule has 1 aromatic heterocycles. The van der Waals surface area contributed by atoms with Gasteiger partial charge in [0, 0.05) is 37.3 Å². The molecule has 1 fully saturated rings. The van der Waals surface area contributed by atoms with Crippen molar-refractivity contribution in [2.75, 3.05) is 44.3 Å². The van der Waals surface area contributed by atoms with Crippen molar-refractivity contribution in [3.63, 3.8) is 0 Å². The minimum atomic E-state index is -0.524. The van der Waals surface area contributed by atoms with Crippen LogP contribution in [-0.4, -0.2) is 55.2 Å². The summed E-state index contributed by atoms with van der Waals surface area (Å²) in [6.45, 7) is 4.21. The maximum atomic E-state index is 14.4. The molecule has 35 heavy (non-hydrogen) atoms. The van der Waals surface area contributed by atoms with Crippen molar-refractivity contribution in [1.82, 2.24) is 9.88 Å². The lowest BCUT2D eigenvalue weighted by Gasteiger charge is -2.33. The molecule has 2 aliphatic rings. The maximum absolute atomic E-state index is 14.4. The van der Waals surface area contributed by atoms with Crippen molar-refractivity contribution in [1.29, 1.82) is 0 Å². The molecule has 8 heteroatoms. The number of amides is 1. The molecule has 6 nitrogen and oxygen atoms in total. The quantitative estimate of drug-likeness (QED) is 0.393. The van der Waals surface area contributed by atoms with E-state index in [2.05, 4.69) is 4.90 Å². The Morgan fingerprint density at radius 1 is 1.03 bits per heavy atom. The summed E-state index contributed by atoms with van der Waals surface area (Å²) in [5, 5.41) is 0.574. The van der Waals surface area contributed by atoms with Crippen molar-refractivity contribution >= 4 is 32.6 Å². The van der Waals surface area contributed by atoms with Crippen LogP contribution in [0.5, 0.6) is 11.5 Å². The lowest BCUT2D eigenvalue weighted by molar-refractivity contribution is -0.119. The topological polar surface area (TPSA) is 54.9 Å². The largest absolute Gasteiger partial charge is 0.457 e. The molecule has 4 aromatic rings. The number of carbonyl (C=O) groups is 1. The van der Waals surface area contributed by atoms with Crippen LogP contribution in [-0.2, 0) is 9.53 Å². The molecule has 3 aromatic carbocycles. The molecule has 0 radical (unpaired) electrons. The molecule has 0 aliphatic carbocycles. The monoisotopic (exact) mass is 489 g/mol. The van der Waals surface area contributed by atoms with E-state index in [0.717, 1.165) is 28.9 Å². The van der Waals surface area contributed by atoms with Crippen LogP contribution in [0.3, 0.4) is 0 Å². The molecule has 2 aliphatic heterocycles. The molecule has 6 rings (SSSR count). The number of hydrogen-bond donors (Lipinski definition) is 0. The van der Waals surface area contributed by atoms with Crippen LogP contribution >= 0.6 is 11.3 Å². The summed E-state index contributed by atoms with van der Waals surface area (Å²) < 4.78 is 26.2. The Morgan fingerprint density at radius 2 is 1.71 bits per heavy atom. The highest BCUT2D eigenvalue weighted by atomic mass is 32.1. The van der Waals surface area contributed by atoms with Crippen molar-refractivity contribution in [3.8, 4) is 11.5 Å².